The minimum absolute atomic E-state index is 0.406. The van der Waals surface area contributed by atoms with E-state index in [2.05, 4.69) is 15.4 Å². The van der Waals surface area contributed by atoms with Crippen molar-refractivity contribution >= 4 is 11.0 Å². The summed E-state index contributed by atoms with van der Waals surface area (Å²) in [5.74, 6) is 0. The molecule has 0 atom stereocenters. The third-order valence-corrected chi connectivity index (χ3v) is 2.56. The lowest BCUT2D eigenvalue weighted by atomic mass is 9.93. The van der Waals surface area contributed by atoms with Crippen LogP contribution in [-0.2, 0) is 0 Å². The number of para-hydroxylation sites is 2. The van der Waals surface area contributed by atoms with Crippen LogP contribution in [0.15, 0.2) is 24.3 Å². The molecule has 0 bridgehead atoms. The van der Waals surface area contributed by atoms with Gasteiger partial charge in [0.1, 0.15) is 11.0 Å². The van der Waals surface area contributed by atoms with Gasteiger partial charge < -0.3 is 20.4 Å². The van der Waals surface area contributed by atoms with E-state index in [-0.39, 0.29) is 0 Å². The molecule has 1 aromatic carbocycles. The summed E-state index contributed by atoms with van der Waals surface area (Å²) in [5, 5.41) is 44.3. The molecule has 0 radical (unpaired) electrons. The van der Waals surface area contributed by atoms with Gasteiger partial charge in [0.25, 0.3) is 0 Å². The van der Waals surface area contributed by atoms with Crippen LogP contribution >= 0.6 is 0 Å². The van der Waals surface area contributed by atoms with Crippen molar-refractivity contribution < 1.29 is 20.4 Å². The van der Waals surface area contributed by atoms with Gasteiger partial charge in [-0.3, -0.25) is 0 Å². The van der Waals surface area contributed by atoms with Crippen molar-refractivity contribution in [2.45, 2.75) is 0 Å². The maximum Gasteiger partial charge on any atom is 0.112 e. The third kappa shape index (κ3) is 3.47. The zero-order valence-corrected chi connectivity index (χ0v) is 9.82. The van der Waals surface area contributed by atoms with Gasteiger partial charge in [0.05, 0.1) is 31.8 Å². The second-order valence-electron chi connectivity index (χ2n) is 3.94. The first-order valence-electron chi connectivity index (χ1n) is 5.40. The summed E-state index contributed by atoms with van der Waals surface area (Å²) in [5.41, 5.74) is 0.718. The molecule has 0 amide bonds. The topological polar surface area (TPSA) is 122 Å². The quantitative estimate of drug-likeness (QED) is 0.472. The number of aliphatic hydroxyl groups is 4. The zero-order valence-electron chi connectivity index (χ0n) is 9.82. The highest BCUT2D eigenvalue weighted by Crippen LogP contribution is 2.11. The van der Waals surface area contributed by atoms with Crippen LogP contribution in [0, 0.1) is 5.41 Å². The Hall–Kier alpha value is -1.54. The number of nitrogens with zero attached hydrogens (tertiary/aromatic N) is 2. The van der Waals surface area contributed by atoms with E-state index in [4.69, 9.17) is 20.4 Å². The lowest BCUT2D eigenvalue weighted by molar-refractivity contribution is -0.0328. The molecule has 1 aromatic heterocycles. The Morgan fingerprint density at radius 3 is 1.50 bits per heavy atom. The minimum Gasteiger partial charge on any atom is -0.396 e. The highest BCUT2D eigenvalue weighted by atomic mass is 16.3. The Labute approximate surface area is 104 Å². The molecule has 0 unspecified atom stereocenters. The molecule has 7 heteroatoms. The zero-order chi connectivity index (χ0) is 13.4. The van der Waals surface area contributed by atoms with Crippen molar-refractivity contribution in [3.8, 4) is 0 Å². The Bertz CT molecular complexity index is 408. The molecule has 2 rings (SSSR count). The SMILES string of the molecule is OCC(CO)(CO)CO.c1ccc2n[nH]nc2c1. The second kappa shape index (κ2) is 7.02. The van der Waals surface area contributed by atoms with Gasteiger partial charge in [0.15, 0.2) is 0 Å². The minimum atomic E-state index is -1.11. The Morgan fingerprint density at radius 1 is 0.833 bits per heavy atom. The van der Waals surface area contributed by atoms with E-state index in [9.17, 15) is 0 Å². The number of fused-ring (bicyclic) bond motifs is 1. The lowest BCUT2D eigenvalue weighted by Crippen LogP contribution is -2.37. The largest absolute Gasteiger partial charge is 0.396 e. The summed E-state index contributed by atoms with van der Waals surface area (Å²) in [6.45, 7) is -1.62. The van der Waals surface area contributed by atoms with Gasteiger partial charge in [0.2, 0.25) is 0 Å². The Balaban J connectivity index is 0.000000180. The number of rotatable bonds is 4. The molecule has 0 aliphatic rings. The molecule has 18 heavy (non-hydrogen) atoms. The molecule has 2 aromatic rings. The van der Waals surface area contributed by atoms with Crippen molar-refractivity contribution in [2.24, 2.45) is 5.41 Å². The first kappa shape index (κ1) is 14.5. The summed E-state index contributed by atoms with van der Waals surface area (Å²) in [7, 11) is 0. The number of benzene rings is 1. The van der Waals surface area contributed by atoms with Crippen LogP contribution in [0.4, 0.5) is 0 Å². The fourth-order valence-corrected chi connectivity index (χ4v) is 1.09. The monoisotopic (exact) mass is 255 g/mol. The molecule has 0 saturated heterocycles. The second-order valence-corrected chi connectivity index (χ2v) is 3.94. The summed E-state index contributed by atoms with van der Waals surface area (Å²) in [6.07, 6.45) is 0. The van der Waals surface area contributed by atoms with Crippen LogP contribution in [-0.4, -0.2) is 62.3 Å². The summed E-state index contributed by atoms with van der Waals surface area (Å²) in [6, 6.07) is 7.70. The fourth-order valence-electron chi connectivity index (χ4n) is 1.09. The first-order chi connectivity index (χ1) is 8.71. The Morgan fingerprint density at radius 2 is 1.22 bits per heavy atom. The standard InChI is InChI=1S/C6H5N3.C5H12O4/c1-2-4-6-5(3-1)7-9-8-6;6-1-5(2-7,3-8)4-9/h1-4H,(H,7,8,9);6-9H,1-4H2. The van der Waals surface area contributed by atoms with Gasteiger partial charge in [0, 0.05) is 0 Å². The maximum absolute atomic E-state index is 8.50. The molecule has 5 N–H and O–H groups in total. The average molecular weight is 255 g/mol. The molecule has 0 spiro atoms. The molecule has 0 aliphatic heterocycles. The van der Waals surface area contributed by atoms with Crippen molar-refractivity contribution in [3.63, 3.8) is 0 Å². The van der Waals surface area contributed by atoms with E-state index in [0.29, 0.717) is 0 Å². The molecule has 100 valence electrons. The van der Waals surface area contributed by atoms with Gasteiger partial charge >= 0.3 is 0 Å². The van der Waals surface area contributed by atoms with Gasteiger partial charge in [-0.1, -0.05) is 12.1 Å². The lowest BCUT2D eigenvalue weighted by Gasteiger charge is -2.23. The van der Waals surface area contributed by atoms with Gasteiger partial charge in [-0.2, -0.15) is 15.4 Å². The fraction of sp³-hybridized carbons (Fsp3) is 0.455. The van der Waals surface area contributed by atoms with E-state index in [0.717, 1.165) is 11.0 Å². The van der Waals surface area contributed by atoms with E-state index in [1.165, 1.54) is 0 Å². The van der Waals surface area contributed by atoms with Gasteiger partial charge in [-0.05, 0) is 12.1 Å². The van der Waals surface area contributed by atoms with Crippen LogP contribution in [0.25, 0.3) is 11.0 Å². The molecular weight excluding hydrogens is 238 g/mol. The maximum atomic E-state index is 8.50. The summed E-state index contributed by atoms with van der Waals surface area (Å²) in [4.78, 5) is 0. The Kier molecular flexibility index (Phi) is 5.66. The van der Waals surface area contributed by atoms with Crippen LogP contribution in [0.3, 0.4) is 0 Å². The number of aromatic amines is 1. The molecule has 1 heterocycles. The van der Waals surface area contributed by atoms with E-state index >= 15 is 0 Å². The van der Waals surface area contributed by atoms with Gasteiger partial charge in [-0.25, -0.2) is 0 Å². The molecular formula is C11H17N3O4. The number of hydrogen-bond acceptors (Lipinski definition) is 6. The number of aromatic nitrogens is 3. The van der Waals surface area contributed by atoms with Crippen LogP contribution < -0.4 is 0 Å². The predicted molar refractivity (Wildman–Crippen MR) is 64.7 cm³/mol. The van der Waals surface area contributed by atoms with Crippen molar-refractivity contribution in [1.29, 1.82) is 0 Å². The normalized spacial score (nSPS) is 11.1. The van der Waals surface area contributed by atoms with Crippen LogP contribution in [0.5, 0.6) is 0 Å². The molecule has 0 aliphatic carbocycles. The van der Waals surface area contributed by atoms with Crippen LogP contribution in [0.2, 0.25) is 0 Å². The van der Waals surface area contributed by atoms with Crippen molar-refractivity contribution in [3.05, 3.63) is 24.3 Å². The van der Waals surface area contributed by atoms with Crippen molar-refractivity contribution in [1.82, 2.24) is 15.4 Å². The molecule has 0 saturated carbocycles. The average Bonchev–Trinajstić information content (AvgIpc) is 2.91. The third-order valence-electron chi connectivity index (χ3n) is 2.56. The highest BCUT2D eigenvalue weighted by molar-refractivity contribution is 5.72. The highest BCUT2D eigenvalue weighted by Gasteiger charge is 2.26. The predicted octanol–water partition coefficient (Wildman–Crippen LogP) is -1.10. The number of aliphatic hydroxyl groups excluding tert-OH is 4. The number of hydrogen-bond donors (Lipinski definition) is 5. The van der Waals surface area contributed by atoms with E-state index in [1.54, 1.807) is 0 Å². The molecule has 0 fully saturated rings. The summed E-state index contributed by atoms with van der Waals surface area (Å²) < 4.78 is 0. The van der Waals surface area contributed by atoms with Crippen LogP contribution in [0.1, 0.15) is 0 Å². The van der Waals surface area contributed by atoms with E-state index < -0.39 is 31.8 Å². The van der Waals surface area contributed by atoms with E-state index in [1.807, 2.05) is 24.3 Å². The van der Waals surface area contributed by atoms with Crippen molar-refractivity contribution in [2.75, 3.05) is 26.4 Å². The first-order valence-corrected chi connectivity index (χ1v) is 5.40. The smallest absolute Gasteiger partial charge is 0.112 e. The summed E-state index contributed by atoms with van der Waals surface area (Å²) >= 11 is 0. The number of nitrogens with one attached hydrogen (secondary N) is 1. The van der Waals surface area contributed by atoms with Gasteiger partial charge in [-0.15, -0.1) is 0 Å². The molecule has 7 nitrogen and oxygen atoms in total. The number of H-pyrrole nitrogens is 1.